The molecule has 0 atom stereocenters. The van der Waals surface area contributed by atoms with Crippen LogP contribution in [0.3, 0.4) is 0 Å². The zero-order valence-electron chi connectivity index (χ0n) is 11.8. The van der Waals surface area contributed by atoms with E-state index in [0.29, 0.717) is 6.61 Å². The molecule has 2 aromatic rings. The zero-order chi connectivity index (χ0) is 14.8. The maximum absolute atomic E-state index is 8.68. The van der Waals surface area contributed by atoms with E-state index in [4.69, 9.17) is 9.84 Å². The van der Waals surface area contributed by atoms with Crippen LogP contribution in [-0.2, 0) is 5.75 Å². The molecule has 0 bridgehead atoms. The predicted molar refractivity (Wildman–Crippen MR) is 88.5 cm³/mol. The molecule has 0 unspecified atom stereocenters. The molecular weight excluding hydrogens is 280 g/mol. The Hall–Kier alpha value is -1.89. The van der Waals surface area contributed by atoms with Crippen LogP contribution in [0.5, 0.6) is 5.75 Å². The van der Waals surface area contributed by atoms with E-state index in [-0.39, 0.29) is 6.61 Å². The number of aliphatic hydroxyl groups excluding tert-OH is 1. The fourth-order valence-corrected chi connectivity index (χ4v) is 2.56. The lowest BCUT2D eigenvalue weighted by atomic mass is 10.2. The molecule has 2 rings (SSSR count). The Kier molecular flexibility index (Phi) is 6.73. The van der Waals surface area contributed by atoms with E-state index < -0.39 is 0 Å². The second kappa shape index (κ2) is 9.12. The third kappa shape index (κ3) is 5.95. The van der Waals surface area contributed by atoms with Crippen molar-refractivity contribution in [2.45, 2.75) is 5.75 Å². The van der Waals surface area contributed by atoms with Gasteiger partial charge >= 0.3 is 0 Å². The van der Waals surface area contributed by atoms with Gasteiger partial charge in [0.2, 0.25) is 0 Å². The van der Waals surface area contributed by atoms with Gasteiger partial charge in [-0.2, -0.15) is 11.8 Å². The van der Waals surface area contributed by atoms with Crippen molar-refractivity contribution in [2.24, 2.45) is 0 Å². The molecule has 0 aliphatic rings. The summed E-state index contributed by atoms with van der Waals surface area (Å²) in [6.07, 6.45) is 0. The van der Waals surface area contributed by atoms with Crippen molar-refractivity contribution in [1.82, 2.24) is 0 Å². The van der Waals surface area contributed by atoms with E-state index in [1.807, 2.05) is 42.1 Å². The van der Waals surface area contributed by atoms with E-state index >= 15 is 0 Å². The van der Waals surface area contributed by atoms with E-state index in [2.05, 4.69) is 36.1 Å². The quantitative estimate of drug-likeness (QED) is 0.655. The second-order valence-electron chi connectivity index (χ2n) is 4.37. The number of thioether (sulfide) groups is 1. The first-order valence-electron chi connectivity index (χ1n) is 6.83. The molecule has 0 saturated carbocycles. The molecule has 3 heteroatoms. The maximum atomic E-state index is 8.68. The highest BCUT2D eigenvalue weighted by molar-refractivity contribution is 7.98. The lowest BCUT2D eigenvalue weighted by molar-refractivity contribution is 0.344. The van der Waals surface area contributed by atoms with Crippen molar-refractivity contribution in [1.29, 1.82) is 0 Å². The Labute approximate surface area is 130 Å². The second-order valence-corrected chi connectivity index (χ2v) is 5.48. The number of hydrogen-bond acceptors (Lipinski definition) is 3. The first-order chi connectivity index (χ1) is 10.4. The van der Waals surface area contributed by atoms with Crippen LogP contribution in [0.25, 0.3) is 0 Å². The molecule has 2 nitrogen and oxygen atoms in total. The van der Waals surface area contributed by atoms with E-state index in [1.54, 1.807) is 0 Å². The monoisotopic (exact) mass is 298 g/mol. The molecule has 1 N–H and O–H groups in total. The lowest BCUT2D eigenvalue weighted by Crippen LogP contribution is -2.00. The molecule has 0 aliphatic carbocycles. The summed E-state index contributed by atoms with van der Waals surface area (Å²) in [7, 11) is 0. The van der Waals surface area contributed by atoms with E-state index in [1.165, 1.54) is 5.56 Å². The minimum absolute atomic E-state index is 0.124. The van der Waals surface area contributed by atoms with Gasteiger partial charge in [0.1, 0.15) is 12.4 Å². The first kappa shape index (κ1) is 15.5. The molecule has 0 saturated heterocycles. The van der Waals surface area contributed by atoms with Crippen LogP contribution in [0.1, 0.15) is 11.1 Å². The summed E-state index contributed by atoms with van der Waals surface area (Å²) in [6.45, 7) is 0.551. The number of benzene rings is 2. The maximum Gasteiger partial charge on any atom is 0.120 e. The van der Waals surface area contributed by atoms with Gasteiger partial charge in [-0.05, 0) is 23.8 Å². The molecular formula is C18H18O2S. The van der Waals surface area contributed by atoms with E-state index in [0.717, 1.165) is 22.8 Å². The van der Waals surface area contributed by atoms with Gasteiger partial charge in [0, 0.05) is 17.1 Å². The minimum atomic E-state index is -0.124. The number of rotatable bonds is 6. The van der Waals surface area contributed by atoms with Gasteiger partial charge in [-0.3, -0.25) is 0 Å². The average molecular weight is 298 g/mol. The average Bonchev–Trinajstić information content (AvgIpc) is 2.54. The summed E-state index contributed by atoms with van der Waals surface area (Å²) in [5.41, 5.74) is 2.20. The standard InChI is InChI=1S/C18H18O2S/c19-11-5-9-16-8-4-10-18(14-16)20-12-13-21-15-17-6-2-1-3-7-17/h1-4,6-8,10,14,19H,11-13,15H2. The van der Waals surface area contributed by atoms with Crippen LogP contribution in [0.4, 0.5) is 0 Å². The van der Waals surface area contributed by atoms with E-state index in [9.17, 15) is 0 Å². The van der Waals surface area contributed by atoms with Crippen LogP contribution in [0, 0.1) is 11.8 Å². The summed E-state index contributed by atoms with van der Waals surface area (Å²) >= 11 is 1.86. The van der Waals surface area contributed by atoms with Crippen molar-refractivity contribution in [2.75, 3.05) is 19.0 Å². The van der Waals surface area contributed by atoms with Crippen molar-refractivity contribution in [3.63, 3.8) is 0 Å². The lowest BCUT2D eigenvalue weighted by Gasteiger charge is -2.06. The molecule has 0 amide bonds. The number of aliphatic hydroxyl groups is 1. The smallest absolute Gasteiger partial charge is 0.120 e. The Morgan fingerprint density at radius 3 is 2.71 bits per heavy atom. The van der Waals surface area contributed by atoms with Crippen LogP contribution in [-0.4, -0.2) is 24.1 Å². The van der Waals surface area contributed by atoms with Crippen LogP contribution >= 0.6 is 11.8 Å². The van der Waals surface area contributed by atoms with Gasteiger partial charge in [-0.15, -0.1) is 0 Å². The van der Waals surface area contributed by atoms with Gasteiger partial charge in [-0.1, -0.05) is 48.2 Å². The molecule has 0 fully saturated rings. The summed E-state index contributed by atoms with van der Waals surface area (Å²) in [5.74, 6) is 8.28. The van der Waals surface area contributed by atoms with Crippen molar-refractivity contribution in [3.8, 4) is 17.6 Å². The van der Waals surface area contributed by atoms with Gasteiger partial charge < -0.3 is 9.84 Å². The van der Waals surface area contributed by atoms with Crippen LogP contribution in [0.2, 0.25) is 0 Å². The Balaban J connectivity index is 1.71. The third-order valence-electron chi connectivity index (χ3n) is 2.75. The molecule has 0 aromatic heterocycles. The molecule has 0 radical (unpaired) electrons. The molecule has 0 aliphatic heterocycles. The molecule has 0 heterocycles. The van der Waals surface area contributed by atoms with Crippen LogP contribution < -0.4 is 4.74 Å². The summed E-state index contributed by atoms with van der Waals surface area (Å²) in [6, 6.07) is 18.1. The highest BCUT2D eigenvalue weighted by atomic mass is 32.2. The van der Waals surface area contributed by atoms with Gasteiger partial charge in [0.05, 0.1) is 6.61 Å². The van der Waals surface area contributed by atoms with Crippen molar-refractivity contribution >= 4 is 11.8 Å². The normalized spacial score (nSPS) is 9.76. The molecule has 2 aromatic carbocycles. The molecule has 108 valence electrons. The highest BCUT2D eigenvalue weighted by Gasteiger charge is 1.96. The minimum Gasteiger partial charge on any atom is -0.493 e. The SMILES string of the molecule is OCC#Cc1cccc(OCCSCc2ccccc2)c1. The summed E-state index contributed by atoms with van der Waals surface area (Å²) in [5, 5.41) is 8.68. The zero-order valence-corrected chi connectivity index (χ0v) is 12.6. The molecule has 0 spiro atoms. The van der Waals surface area contributed by atoms with Gasteiger partial charge in [0.25, 0.3) is 0 Å². The Bertz CT molecular complexity index is 599. The fourth-order valence-electron chi connectivity index (χ4n) is 1.79. The fraction of sp³-hybridized carbons (Fsp3) is 0.222. The Morgan fingerprint density at radius 2 is 1.90 bits per heavy atom. The Morgan fingerprint density at radius 1 is 1.05 bits per heavy atom. The van der Waals surface area contributed by atoms with Crippen molar-refractivity contribution < 1.29 is 9.84 Å². The summed E-state index contributed by atoms with van der Waals surface area (Å²) < 4.78 is 5.71. The summed E-state index contributed by atoms with van der Waals surface area (Å²) in [4.78, 5) is 0. The molecule has 21 heavy (non-hydrogen) atoms. The number of hydrogen-bond donors (Lipinski definition) is 1. The topological polar surface area (TPSA) is 29.5 Å². The van der Waals surface area contributed by atoms with Crippen LogP contribution in [0.15, 0.2) is 54.6 Å². The van der Waals surface area contributed by atoms with Gasteiger partial charge in [-0.25, -0.2) is 0 Å². The van der Waals surface area contributed by atoms with Crippen molar-refractivity contribution in [3.05, 3.63) is 65.7 Å². The number of ether oxygens (including phenoxy) is 1. The third-order valence-corrected chi connectivity index (χ3v) is 3.75. The highest BCUT2D eigenvalue weighted by Crippen LogP contribution is 2.15. The van der Waals surface area contributed by atoms with Gasteiger partial charge in [0.15, 0.2) is 0 Å². The first-order valence-corrected chi connectivity index (χ1v) is 7.98. The predicted octanol–water partition coefficient (Wildman–Crippen LogP) is 3.34. The largest absolute Gasteiger partial charge is 0.493 e.